The van der Waals surface area contributed by atoms with E-state index in [-0.39, 0.29) is 5.91 Å². The molecule has 6 nitrogen and oxygen atoms in total. The smallest absolute Gasteiger partial charge is 0.252 e. The maximum atomic E-state index is 11.9. The van der Waals surface area contributed by atoms with Crippen molar-refractivity contribution in [2.45, 2.75) is 24.9 Å². The van der Waals surface area contributed by atoms with Gasteiger partial charge in [0.25, 0.3) is 5.91 Å². The second-order valence-electron chi connectivity index (χ2n) is 5.14. The highest BCUT2D eigenvalue weighted by Gasteiger charge is 2.34. The second kappa shape index (κ2) is 5.05. The molecule has 0 unspecified atom stereocenters. The molecule has 2 aromatic rings. The average molecular weight is 272 g/mol. The number of imidazole rings is 1. The van der Waals surface area contributed by atoms with Crippen molar-refractivity contribution in [2.24, 2.45) is 0 Å². The number of hydrogen-bond donors (Lipinski definition) is 2. The summed E-state index contributed by atoms with van der Waals surface area (Å²) in [7, 11) is 0. The minimum atomic E-state index is -0.708. The second-order valence-corrected chi connectivity index (χ2v) is 5.14. The quantitative estimate of drug-likeness (QED) is 0.867. The molecule has 104 valence electrons. The van der Waals surface area contributed by atoms with E-state index in [9.17, 15) is 9.90 Å². The molecule has 1 saturated carbocycles. The molecular weight excluding hydrogens is 256 g/mol. The van der Waals surface area contributed by atoms with Gasteiger partial charge in [0.05, 0.1) is 11.2 Å². The van der Waals surface area contributed by atoms with Crippen LogP contribution in [-0.2, 0) is 0 Å². The third kappa shape index (κ3) is 2.55. The highest BCUT2D eigenvalue weighted by molar-refractivity contribution is 5.94. The molecule has 0 saturated heterocycles. The van der Waals surface area contributed by atoms with E-state index in [1.165, 1.54) is 6.20 Å². The Morgan fingerprint density at radius 2 is 2.30 bits per heavy atom. The molecule has 1 amide bonds. The lowest BCUT2D eigenvalue weighted by Gasteiger charge is -2.36. The SMILES string of the molecule is O=C(NCC1(O)CCC1)c1ccc(-n2ccnc2)nc1. The van der Waals surface area contributed by atoms with Gasteiger partial charge in [-0.25, -0.2) is 9.97 Å². The Labute approximate surface area is 116 Å². The zero-order valence-corrected chi connectivity index (χ0v) is 11.0. The molecule has 2 heterocycles. The summed E-state index contributed by atoms with van der Waals surface area (Å²) < 4.78 is 1.76. The topological polar surface area (TPSA) is 80.0 Å². The van der Waals surface area contributed by atoms with E-state index in [0.29, 0.717) is 17.9 Å². The molecule has 2 aromatic heterocycles. The molecule has 0 aromatic carbocycles. The summed E-state index contributed by atoms with van der Waals surface area (Å²) >= 11 is 0. The van der Waals surface area contributed by atoms with Gasteiger partial charge in [-0.2, -0.15) is 0 Å². The van der Waals surface area contributed by atoms with Crippen LogP contribution >= 0.6 is 0 Å². The number of rotatable bonds is 4. The first-order valence-corrected chi connectivity index (χ1v) is 6.61. The standard InChI is InChI=1S/C14H16N4O2/c19-13(17-9-14(20)4-1-5-14)11-2-3-12(16-8-11)18-7-6-15-10-18/h2-3,6-8,10,20H,1,4-5,9H2,(H,17,19). The van der Waals surface area contributed by atoms with Gasteiger partial charge in [-0.3, -0.25) is 9.36 Å². The fraction of sp³-hybridized carbons (Fsp3) is 0.357. The minimum Gasteiger partial charge on any atom is -0.388 e. The first kappa shape index (κ1) is 12.8. The van der Waals surface area contributed by atoms with Gasteiger partial charge in [-0.1, -0.05) is 0 Å². The molecule has 20 heavy (non-hydrogen) atoms. The third-order valence-electron chi connectivity index (χ3n) is 3.64. The van der Waals surface area contributed by atoms with Crippen molar-refractivity contribution in [1.82, 2.24) is 19.9 Å². The summed E-state index contributed by atoms with van der Waals surface area (Å²) in [4.78, 5) is 20.1. The maximum Gasteiger partial charge on any atom is 0.252 e. The lowest BCUT2D eigenvalue weighted by Crippen LogP contribution is -2.47. The van der Waals surface area contributed by atoms with Gasteiger partial charge in [-0.15, -0.1) is 0 Å². The predicted molar refractivity (Wildman–Crippen MR) is 72.5 cm³/mol. The number of amides is 1. The van der Waals surface area contributed by atoms with Gasteiger partial charge in [0.1, 0.15) is 12.1 Å². The number of nitrogens with zero attached hydrogens (tertiary/aromatic N) is 3. The highest BCUT2D eigenvalue weighted by atomic mass is 16.3. The van der Waals surface area contributed by atoms with Crippen molar-refractivity contribution in [1.29, 1.82) is 0 Å². The molecule has 6 heteroatoms. The van der Waals surface area contributed by atoms with Crippen molar-refractivity contribution < 1.29 is 9.90 Å². The van der Waals surface area contributed by atoms with E-state index < -0.39 is 5.60 Å². The lowest BCUT2D eigenvalue weighted by molar-refractivity contribution is -0.0300. The van der Waals surface area contributed by atoms with Crippen molar-refractivity contribution >= 4 is 5.91 Å². The van der Waals surface area contributed by atoms with Gasteiger partial charge in [0, 0.05) is 25.1 Å². The minimum absolute atomic E-state index is 0.213. The molecule has 0 spiro atoms. The molecule has 0 aliphatic heterocycles. The summed E-state index contributed by atoms with van der Waals surface area (Å²) in [6.07, 6.45) is 9.16. The van der Waals surface area contributed by atoms with Gasteiger partial charge in [0.2, 0.25) is 0 Å². The summed E-state index contributed by atoms with van der Waals surface area (Å²) in [5.41, 5.74) is -0.225. The molecule has 0 bridgehead atoms. The molecule has 2 N–H and O–H groups in total. The van der Waals surface area contributed by atoms with E-state index in [1.807, 2.05) is 0 Å². The molecule has 1 aliphatic rings. The van der Waals surface area contributed by atoms with E-state index in [0.717, 1.165) is 19.3 Å². The summed E-state index contributed by atoms with van der Waals surface area (Å²) in [6.45, 7) is 0.301. The van der Waals surface area contributed by atoms with E-state index in [4.69, 9.17) is 0 Å². The van der Waals surface area contributed by atoms with Crippen molar-refractivity contribution in [2.75, 3.05) is 6.54 Å². The zero-order valence-electron chi connectivity index (χ0n) is 11.0. The highest BCUT2D eigenvalue weighted by Crippen LogP contribution is 2.30. The summed E-state index contributed by atoms with van der Waals surface area (Å²) in [5.74, 6) is 0.492. The predicted octanol–water partition coefficient (Wildman–Crippen LogP) is 0.912. The van der Waals surface area contributed by atoms with Crippen LogP contribution in [0.15, 0.2) is 37.1 Å². The number of pyridine rings is 1. The summed E-state index contributed by atoms with van der Waals surface area (Å²) in [6, 6.07) is 3.47. The Morgan fingerprint density at radius 1 is 1.45 bits per heavy atom. The Kier molecular flexibility index (Phi) is 3.23. The molecule has 0 radical (unpaired) electrons. The normalized spacial score (nSPS) is 16.4. The van der Waals surface area contributed by atoms with Crippen molar-refractivity contribution in [3.63, 3.8) is 0 Å². The van der Waals surface area contributed by atoms with E-state index in [1.54, 1.807) is 35.4 Å². The lowest BCUT2D eigenvalue weighted by atomic mass is 9.80. The van der Waals surface area contributed by atoms with Gasteiger partial charge < -0.3 is 10.4 Å². The van der Waals surface area contributed by atoms with Crippen LogP contribution in [0.3, 0.4) is 0 Å². The van der Waals surface area contributed by atoms with Crippen molar-refractivity contribution in [3.05, 3.63) is 42.6 Å². The Bertz CT molecular complexity index is 588. The number of aromatic nitrogens is 3. The first-order valence-electron chi connectivity index (χ1n) is 6.61. The molecule has 3 rings (SSSR count). The zero-order chi connectivity index (χ0) is 14.0. The van der Waals surface area contributed by atoms with Crippen LogP contribution in [0.4, 0.5) is 0 Å². The van der Waals surface area contributed by atoms with E-state index in [2.05, 4.69) is 15.3 Å². The molecule has 1 aliphatic carbocycles. The number of nitrogens with one attached hydrogen (secondary N) is 1. The van der Waals surface area contributed by atoms with Crippen LogP contribution in [0.1, 0.15) is 29.6 Å². The van der Waals surface area contributed by atoms with Crippen LogP contribution in [-0.4, -0.2) is 37.7 Å². The van der Waals surface area contributed by atoms with Crippen LogP contribution < -0.4 is 5.32 Å². The fourth-order valence-corrected chi connectivity index (χ4v) is 2.18. The maximum absolute atomic E-state index is 11.9. The first-order chi connectivity index (χ1) is 9.66. The van der Waals surface area contributed by atoms with Crippen molar-refractivity contribution in [3.8, 4) is 5.82 Å². The van der Waals surface area contributed by atoms with Gasteiger partial charge >= 0.3 is 0 Å². The fourth-order valence-electron chi connectivity index (χ4n) is 2.18. The molecule has 1 fully saturated rings. The number of carbonyl (C=O) groups excluding carboxylic acids is 1. The van der Waals surface area contributed by atoms with Crippen LogP contribution in [0.25, 0.3) is 5.82 Å². The third-order valence-corrected chi connectivity index (χ3v) is 3.64. The van der Waals surface area contributed by atoms with Gasteiger partial charge in [-0.05, 0) is 31.4 Å². The number of carbonyl (C=O) groups is 1. The van der Waals surface area contributed by atoms with Crippen LogP contribution in [0.5, 0.6) is 0 Å². The Morgan fingerprint density at radius 3 is 2.85 bits per heavy atom. The number of aliphatic hydroxyl groups is 1. The molecular formula is C14H16N4O2. The van der Waals surface area contributed by atoms with E-state index >= 15 is 0 Å². The average Bonchev–Trinajstić information content (AvgIpc) is 2.97. The van der Waals surface area contributed by atoms with Gasteiger partial charge in [0.15, 0.2) is 0 Å². The van der Waals surface area contributed by atoms with Crippen LogP contribution in [0, 0.1) is 0 Å². The largest absolute Gasteiger partial charge is 0.388 e. The Hall–Kier alpha value is -2.21. The monoisotopic (exact) mass is 272 g/mol. The molecule has 0 atom stereocenters. The van der Waals surface area contributed by atoms with Crippen LogP contribution in [0.2, 0.25) is 0 Å². The Balaban J connectivity index is 1.63. The number of hydrogen-bond acceptors (Lipinski definition) is 4. The summed E-state index contributed by atoms with van der Waals surface area (Å²) in [5, 5.41) is 12.7.